The van der Waals surface area contributed by atoms with E-state index in [0.717, 1.165) is 36.2 Å². The van der Waals surface area contributed by atoms with Gasteiger partial charge in [-0.05, 0) is 30.4 Å². The third-order valence-electron chi connectivity index (χ3n) is 3.53. The molecule has 2 heteroatoms. The first kappa shape index (κ1) is 11.0. The molecule has 1 fully saturated rings. The second-order valence-corrected chi connectivity index (χ2v) is 4.87. The Bertz CT molecular complexity index is 403. The van der Waals surface area contributed by atoms with Gasteiger partial charge in [0.1, 0.15) is 6.07 Å². The van der Waals surface area contributed by atoms with Crippen molar-refractivity contribution >= 4 is 5.69 Å². The predicted octanol–water partition coefficient (Wildman–Crippen LogP) is 3.04. The Balaban J connectivity index is 2.18. The number of rotatable bonds is 2. The van der Waals surface area contributed by atoms with E-state index in [1.165, 1.54) is 6.42 Å². The number of para-hydroxylation sites is 1. The van der Waals surface area contributed by atoms with E-state index in [0.29, 0.717) is 0 Å². The Morgan fingerprint density at radius 2 is 2.12 bits per heavy atom. The minimum absolute atomic E-state index is 0.735. The molecular formula is C14H18N2. The second-order valence-electron chi connectivity index (χ2n) is 4.87. The molecule has 1 aromatic carbocycles. The fraction of sp³-hybridized carbons (Fsp3) is 0.500. The molecule has 0 aromatic heterocycles. The fourth-order valence-corrected chi connectivity index (χ4v) is 2.39. The molecule has 16 heavy (non-hydrogen) atoms. The summed E-state index contributed by atoms with van der Waals surface area (Å²) in [5.41, 5.74) is 1.90. The molecule has 84 valence electrons. The molecule has 0 spiro atoms. The van der Waals surface area contributed by atoms with Gasteiger partial charge in [0.2, 0.25) is 0 Å². The van der Waals surface area contributed by atoms with Gasteiger partial charge in [-0.25, -0.2) is 0 Å². The minimum Gasteiger partial charge on any atom is -0.370 e. The molecule has 0 amide bonds. The van der Waals surface area contributed by atoms with Crippen molar-refractivity contribution < 1.29 is 0 Å². The van der Waals surface area contributed by atoms with E-state index in [9.17, 15) is 0 Å². The molecular weight excluding hydrogens is 196 g/mol. The van der Waals surface area contributed by atoms with Crippen molar-refractivity contribution in [3.63, 3.8) is 0 Å². The number of benzene rings is 1. The maximum absolute atomic E-state index is 9.08. The van der Waals surface area contributed by atoms with Crippen LogP contribution in [0.2, 0.25) is 0 Å². The average molecular weight is 214 g/mol. The highest BCUT2D eigenvalue weighted by Gasteiger charge is 2.25. The van der Waals surface area contributed by atoms with Gasteiger partial charge in [0.15, 0.2) is 0 Å². The van der Waals surface area contributed by atoms with E-state index in [1.807, 2.05) is 18.2 Å². The largest absolute Gasteiger partial charge is 0.370 e. The number of hydrogen-bond acceptors (Lipinski definition) is 2. The van der Waals surface area contributed by atoms with Gasteiger partial charge in [-0.2, -0.15) is 5.26 Å². The molecule has 1 saturated heterocycles. The van der Waals surface area contributed by atoms with Gasteiger partial charge in [-0.1, -0.05) is 26.0 Å². The number of hydrogen-bond donors (Lipinski definition) is 0. The van der Waals surface area contributed by atoms with Gasteiger partial charge in [0.05, 0.1) is 11.3 Å². The summed E-state index contributed by atoms with van der Waals surface area (Å²) in [6.07, 6.45) is 1.25. The lowest BCUT2D eigenvalue weighted by Gasteiger charge is -2.20. The van der Waals surface area contributed by atoms with E-state index < -0.39 is 0 Å². The van der Waals surface area contributed by atoms with Crippen molar-refractivity contribution in [3.05, 3.63) is 29.8 Å². The quantitative estimate of drug-likeness (QED) is 0.756. The number of nitrogens with zero attached hydrogens (tertiary/aromatic N) is 2. The fourth-order valence-electron chi connectivity index (χ4n) is 2.39. The van der Waals surface area contributed by atoms with E-state index in [4.69, 9.17) is 5.26 Å². The number of nitriles is 1. The van der Waals surface area contributed by atoms with E-state index in [1.54, 1.807) is 0 Å². The Kier molecular flexibility index (Phi) is 3.14. The first-order valence-electron chi connectivity index (χ1n) is 5.96. The molecule has 2 nitrogen and oxygen atoms in total. The Morgan fingerprint density at radius 1 is 1.38 bits per heavy atom. The molecule has 1 heterocycles. The van der Waals surface area contributed by atoms with Crippen LogP contribution in [0.1, 0.15) is 25.8 Å². The second kappa shape index (κ2) is 4.57. The highest BCUT2D eigenvalue weighted by Crippen LogP contribution is 2.29. The molecule has 2 rings (SSSR count). The molecule has 1 unspecified atom stereocenters. The maximum Gasteiger partial charge on any atom is 0.101 e. The molecule has 0 N–H and O–H groups in total. The van der Waals surface area contributed by atoms with Crippen molar-refractivity contribution in [1.82, 2.24) is 0 Å². The summed E-state index contributed by atoms with van der Waals surface area (Å²) in [5, 5.41) is 9.08. The summed E-state index contributed by atoms with van der Waals surface area (Å²) < 4.78 is 0. The lowest BCUT2D eigenvalue weighted by molar-refractivity contribution is 0.423. The van der Waals surface area contributed by atoms with Gasteiger partial charge >= 0.3 is 0 Å². The summed E-state index contributed by atoms with van der Waals surface area (Å²) in [5.74, 6) is 1.51. The van der Waals surface area contributed by atoms with Crippen LogP contribution >= 0.6 is 0 Å². The average Bonchev–Trinajstić information content (AvgIpc) is 2.78. The highest BCUT2D eigenvalue weighted by molar-refractivity contribution is 5.59. The molecule has 1 aliphatic rings. The molecule has 1 atom stereocenters. The van der Waals surface area contributed by atoms with Crippen molar-refractivity contribution in [2.24, 2.45) is 11.8 Å². The van der Waals surface area contributed by atoms with Gasteiger partial charge in [-0.3, -0.25) is 0 Å². The van der Waals surface area contributed by atoms with Gasteiger partial charge < -0.3 is 4.90 Å². The van der Waals surface area contributed by atoms with Crippen LogP contribution in [0.5, 0.6) is 0 Å². The van der Waals surface area contributed by atoms with E-state index in [-0.39, 0.29) is 0 Å². The topological polar surface area (TPSA) is 27.0 Å². The molecule has 1 aromatic rings. The third-order valence-corrected chi connectivity index (χ3v) is 3.53. The first-order valence-corrected chi connectivity index (χ1v) is 5.96. The van der Waals surface area contributed by atoms with E-state index in [2.05, 4.69) is 30.9 Å². The normalized spacial score (nSPS) is 20.1. The van der Waals surface area contributed by atoms with Gasteiger partial charge in [0.25, 0.3) is 0 Å². The Hall–Kier alpha value is -1.49. The lowest BCUT2D eigenvalue weighted by atomic mass is 9.95. The maximum atomic E-state index is 9.08. The predicted molar refractivity (Wildman–Crippen MR) is 66.3 cm³/mol. The van der Waals surface area contributed by atoms with Crippen LogP contribution in [-0.2, 0) is 0 Å². The van der Waals surface area contributed by atoms with Crippen molar-refractivity contribution in [1.29, 1.82) is 5.26 Å². The highest BCUT2D eigenvalue weighted by atomic mass is 15.2. The van der Waals surface area contributed by atoms with E-state index >= 15 is 0 Å². The molecule has 0 radical (unpaired) electrons. The summed E-state index contributed by atoms with van der Waals surface area (Å²) in [7, 11) is 0. The summed E-state index contributed by atoms with van der Waals surface area (Å²) in [6.45, 7) is 6.74. The van der Waals surface area contributed by atoms with Crippen LogP contribution in [0.25, 0.3) is 0 Å². The van der Waals surface area contributed by atoms with Crippen LogP contribution in [-0.4, -0.2) is 13.1 Å². The van der Waals surface area contributed by atoms with Crippen molar-refractivity contribution in [2.75, 3.05) is 18.0 Å². The smallest absolute Gasteiger partial charge is 0.101 e. The van der Waals surface area contributed by atoms with Crippen molar-refractivity contribution in [3.8, 4) is 6.07 Å². The monoisotopic (exact) mass is 214 g/mol. The SMILES string of the molecule is CC(C)C1CCN(c2ccccc2C#N)C1. The van der Waals surface area contributed by atoms with Crippen LogP contribution in [0, 0.1) is 23.2 Å². The van der Waals surface area contributed by atoms with Crippen LogP contribution in [0.3, 0.4) is 0 Å². The Labute approximate surface area is 97.5 Å². The van der Waals surface area contributed by atoms with Crippen LogP contribution in [0.15, 0.2) is 24.3 Å². The summed E-state index contributed by atoms with van der Waals surface area (Å²) in [6, 6.07) is 10.2. The summed E-state index contributed by atoms with van der Waals surface area (Å²) in [4.78, 5) is 2.35. The molecule has 1 aliphatic heterocycles. The number of anilines is 1. The zero-order chi connectivity index (χ0) is 11.5. The molecule has 0 aliphatic carbocycles. The molecule has 0 bridgehead atoms. The Morgan fingerprint density at radius 3 is 2.75 bits per heavy atom. The zero-order valence-electron chi connectivity index (χ0n) is 9.98. The van der Waals surface area contributed by atoms with Crippen molar-refractivity contribution in [2.45, 2.75) is 20.3 Å². The standard InChI is InChI=1S/C14H18N2/c1-11(2)13-7-8-16(10-13)14-6-4-3-5-12(14)9-15/h3-6,11,13H,7-8,10H2,1-2H3. The van der Waals surface area contributed by atoms with Gasteiger partial charge in [-0.15, -0.1) is 0 Å². The molecule has 0 saturated carbocycles. The minimum atomic E-state index is 0.735. The van der Waals surface area contributed by atoms with Crippen LogP contribution < -0.4 is 4.90 Å². The summed E-state index contributed by atoms with van der Waals surface area (Å²) >= 11 is 0. The zero-order valence-corrected chi connectivity index (χ0v) is 9.98. The van der Waals surface area contributed by atoms with Gasteiger partial charge in [0, 0.05) is 13.1 Å². The van der Waals surface area contributed by atoms with Crippen LogP contribution in [0.4, 0.5) is 5.69 Å². The lowest BCUT2D eigenvalue weighted by Crippen LogP contribution is -2.21. The first-order chi connectivity index (χ1) is 7.72. The third kappa shape index (κ3) is 2.04.